The lowest BCUT2D eigenvalue weighted by molar-refractivity contribution is 0.104. The number of sulfonamides is 1. The Hall–Kier alpha value is -3.24. The van der Waals surface area contributed by atoms with Crippen molar-refractivity contribution in [3.05, 3.63) is 63.9 Å². The summed E-state index contributed by atoms with van der Waals surface area (Å²) < 4.78 is 32.5. The van der Waals surface area contributed by atoms with Crippen LogP contribution in [-0.4, -0.2) is 24.3 Å². The summed E-state index contributed by atoms with van der Waals surface area (Å²) in [7, 11) is -3.88. The van der Waals surface area contributed by atoms with Crippen LogP contribution in [0.5, 0.6) is 0 Å². The van der Waals surface area contributed by atoms with Crippen LogP contribution in [0.2, 0.25) is 0 Å². The van der Waals surface area contributed by atoms with Crippen LogP contribution in [0.15, 0.2) is 45.8 Å². The number of carbonyl (C=O) groups excluding carboxylic acids is 1. The van der Waals surface area contributed by atoms with Crippen LogP contribution in [0, 0.1) is 18.3 Å². The van der Waals surface area contributed by atoms with Crippen molar-refractivity contribution < 1.29 is 17.7 Å². The molecule has 0 radical (unpaired) electrons. The molecule has 188 valence electrons. The Kier molecular flexibility index (Phi) is 5.91. The number of benzene rings is 1. The number of aryl methyl sites for hydroxylation is 2. The van der Waals surface area contributed by atoms with Gasteiger partial charge in [-0.25, -0.2) is 13.4 Å². The molecule has 1 aromatic carbocycles. The number of hydrogen-bond donors (Lipinski definition) is 2. The lowest BCUT2D eigenvalue weighted by Gasteiger charge is -2.34. The van der Waals surface area contributed by atoms with Crippen LogP contribution in [0.4, 0.5) is 11.5 Å². The molecule has 1 atom stereocenters. The first kappa shape index (κ1) is 24.5. The van der Waals surface area contributed by atoms with Crippen molar-refractivity contribution in [2.75, 3.05) is 10.5 Å². The summed E-state index contributed by atoms with van der Waals surface area (Å²) in [4.78, 5) is 19.4. The minimum absolute atomic E-state index is 0.00626. The summed E-state index contributed by atoms with van der Waals surface area (Å²) in [5, 5.41) is 4.46. The van der Waals surface area contributed by atoms with Crippen LogP contribution >= 0.6 is 11.3 Å². The molecule has 10 heteroatoms. The maximum Gasteiger partial charge on any atom is 0.263 e. The number of carbonyl (C=O) groups is 1. The van der Waals surface area contributed by atoms with E-state index in [2.05, 4.69) is 36.7 Å². The molecular formula is C26H28N4O4S2. The standard InChI is InChI=1S/C26H28N4O4S2/c1-14-11-21(29-34-14)30-36(32,33)18-8-5-15(6-9-18)23(31)24-22(27)19-13-16-12-17(26(2,3)4)7-10-20(16)28-25(19)35-24/h5-6,8-9,11,13,17H,7,10,12,27H2,1-4H3,(H,29,30). The maximum absolute atomic E-state index is 13.3. The molecule has 1 aliphatic rings. The zero-order valence-electron chi connectivity index (χ0n) is 20.6. The van der Waals surface area contributed by atoms with Crippen LogP contribution in [-0.2, 0) is 22.9 Å². The summed E-state index contributed by atoms with van der Waals surface area (Å²) >= 11 is 1.28. The van der Waals surface area contributed by atoms with Gasteiger partial charge in [-0.1, -0.05) is 25.9 Å². The van der Waals surface area contributed by atoms with Crippen molar-refractivity contribution in [3.8, 4) is 0 Å². The third kappa shape index (κ3) is 4.51. The summed E-state index contributed by atoms with van der Waals surface area (Å²) in [6, 6.07) is 9.33. The lowest BCUT2D eigenvalue weighted by Crippen LogP contribution is -2.27. The molecule has 0 aliphatic heterocycles. The first-order valence-electron chi connectivity index (χ1n) is 11.7. The predicted octanol–water partition coefficient (Wildman–Crippen LogP) is 5.36. The average molecular weight is 525 g/mol. The normalized spacial score (nSPS) is 16.2. The number of anilines is 2. The summed E-state index contributed by atoms with van der Waals surface area (Å²) in [5.41, 5.74) is 9.74. The molecule has 4 aromatic rings. The van der Waals surface area contributed by atoms with Gasteiger partial charge in [-0.05, 0) is 73.4 Å². The number of nitrogen functional groups attached to an aromatic ring is 1. The minimum atomic E-state index is -3.88. The fourth-order valence-electron chi connectivity index (χ4n) is 4.63. The Bertz CT molecular complexity index is 1580. The van der Waals surface area contributed by atoms with E-state index in [9.17, 15) is 13.2 Å². The molecule has 0 bridgehead atoms. The first-order valence-corrected chi connectivity index (χ1v) is 14.0. The molecule has 8 nitrogen and oxygen atoms in total. The molecule has 0 fully saturated rings. The van der Waals surface area contributed by atoms with Gasteiger partial charge in [0.05, 0.1) is 10.6 Å². The van der Waals surface area contributed by atoms with Gasteiger partial charge < -0.3 is 10.3 Å². The van der Waals surface area contributed by atoms with Crippen molar-refractivity contribution in [1.82, 2.24) is 10.1 Å². The van der Waals surface area contributed by atoms with Gasteiger partial charge >= 0.3 is 0 Å². The number of nitrogens with two attached hydrogens (primary N) is 1. The third-order valence-corrected chi connectivity index (χ3v) is 9.29. The largest absolute Gasteiger partial charge is 0.397 e. The number of thiophene rings is 1. The summed E-state index contributed by atoms with van der Waals surface area (Å²) in [5.74, 6) is 0.890. The quantitative estimate of drug-likeness (QED) is 0.336. The molecule has 3 heterocycles. The Morgan fingerprint density at radius 2 is 1.92 bits per heavy atom. The fourth-order valence-corrected chi connectivity index (χ4v) is 6.67. The molecule has 0 amide bonds. The summed E-state index contributed by atoms with van der Waals surface area (Å²) in [6.45, 7) is 8.48. The highest BCUT2D eigenvalue weighted by molar-refractivity contribution is 7.92. The molecule has 1 aliphatic carbocycles. The number of pyridine rings is 1. The highest BCUT2D eigenvalue weighted by Gasteiger charge is 2.30. The van der Waals surface area contributed by atoms with E-state index in [1.54, 1.807) is 6.92 Å². The molecule has 0 saturated carbocycles. The van der Waals surface area contributed by atoms with Crippen molar-refractivity contribution in [2.45, 2.75) is 51.9 Å². The van der Waals surface area contributed by atoms with Gasteiger partial charge in [0.25, 0.3) is 10.0 Å². The number of nitrogens with one attached hydrogen (secondary N) is 1. The van der Waals surface area contributed by atoms with Gasteiger partial charge in [-0.2, -0.15) is 0 Å². The molecule has 3 aromatic heterocycles. The molecular weight excluding hydrogens is 496 g/mol. The topological polar surface area (TPSA) is 128 Å². The van der Waals surface area contributed by atoms with Crippen molar-refractivity contribution in [2.24, 2.45) is 11.3 Å². The molecule has 5 rings (SSSR count). The average Bonchev–Trinajstić information content (AvgIpc) is 3.38. The molecule has 0 saturated heterocycles. The van der Waals surface area contributed by atoms with Crippen LogP contribution < -0.4 is 10.5 Å². The van der Waals surface area contributed by atoms with Crippen molar-refractivity contribution in [3.63, 3.8) is 0 Å². The Morgan fingerprint density at radius 3 is 2.56 bits per heavy atom. The van der Waals surface area contributed by atoms with E-state index in [4.69, 9.17) is 15.2 Å². The molecule has 1 unspecified atom stereocenters. The van der Waals surface area contributed by atoms with E-state index in [0.717, 1.165) is 35.2 Å². The monoisotopic (exact) mass is 524 g/mol. The first-order chi connectivity index (χ1) is 16.9. The summed E-state index contributed by atoms with van der Waals surface area (Å²) in [6.07, 6.45) is 2.98. The lowest BCUT2D eigenvalue weighted by atomic mass is 9.71. The maximum atomic E-state index is 13.3. The van der Waals surface area contributed by atoms with E-state index in [-0.39, 0.29) is 21.9 Å². The van der Waals surface area contributed by atoms with Gasteiger partial charge in [0.15, 0.2) is 5.82 Å². The number of nitrogens with zero attached hydrogens (tertiary/aromatic N) is 2. The second-order valence-corrected chi connectivity index (χ2v) is 13.1. The second kappa shape index (κ2) is 8.70. The van der Waals surface area contributed by atoms with E-state index in [0.29, 0.717) is 27.8 Å². The van der Waals surface area contributed by atoms with Gasteiger partial charge in [0.2, 0.25) is 5.78 Å². The molecule has 0 spiro atoms. The molecule has 3 N–H and O–H groups in total. The number of rotatable bonds is 5. The van der Waals surface area contributed by atoms with E-state index < -0.39 is 10.0 Å². The van der Waals surface area contributed by atoms with Crippen LogP contribution in [0.1, 0.15) is 59.4 Å². The van der Waals surface area contributed by atoms with E-state index in [1.807, 2.05) is 0 Å². The minimum Gasteiger partial charge on any atom is -0.397 e. The highest BCUT2D eigenvalue weighted by Crippen LogP contribution is 2.41. The van der Waals surface area contributed by atoms with Gasteiger partial charge in [-0.3, -0.25) is 9.52 Å². The van der Waals surface area contributed by atoms with E-state index in [1.165, 1.54) is 47.2 Å². The number of hydrogen-bond acceptors (Lipinski definition) is 8. The Labute approximate surface area is 214 Å². The SMILES string of the molecule is Cc1cc(NS(=O)(=O)c2ccc(C(=O)c3sc4nc5c(cc4c3N)CC(C(C)(C)C)CC5)cc2)no1. The second-order valence-electron chi connectivity index (χ2n) is 10.4. The van der Waals surface area contributed by atoms with E-state index >= 15 is 0 Å². The number of aromatic nitrogens is 2. The van der Waals surface area contributed by atoms with Gasteiger partial charge in [-0.15, -0.1) is 11.3 Å². The fraction of sp³-hybridized carbons (Fsp3) is 0.346. The smallest absolute Gasteiger partial charge is 0.263 e. The third-order valence-electron chi connectivity index (χ3n) is 6.81. The van der Waals surface area contributed by atoms with Crippen molar-refractivity contribution >= 4 is 48.9 Å². The Morgan fingerprint density at radius 1 is 1.19 bits per heavy atom. The number of ketones is 1. The Balaban J connectivity index is 1.41. The van der Waals surface area contributed by atoms with Crippen LogP contribution in [0.3, 0.4) is 0 Å². The zero-order valence-corrected chi connectivity index (χ0v) is 22.2. The van der Waals surface area contributed by atoms with Gasteiger partial charge in [0, 0.05) is 22.7 Å². The zero-order chi connectivity index (χ0) is 25.8. The highest BCUT2D eigenvalue weighted by atomic mass is 32.2. The predicted molar refractivity (Wildman–Crippen MR) is 141 cm³/mol. The van der Waals surface area contributed by atoms with Crippen molar-refractivity contribution in [1.29, 1.82) is 0 Å². The van der Waals surface area contributed by atoms with Gasteiger partial charge in [0.1, 0.15) is 15.5 Å². The number of fused-ring (bicyclic) bond motifs is 2. The van der Waals surface area contributed by atoms with Crippen LogP contribution in [0.25, 0.3) is 10.2 Å². The molecule has 36 heavy (non-hydrogen) atoms.